The average molecular weight is 326 g/mol. The minimum atomic E-state index is -0.219. The first-order valence-corrected chi connectivity index (χ1v) is 8.03. The van der Waals surface area contributed by atoms with Crippen LogP contribution in [0, 0.1) is 6.92 Å². The molecule has 116 valence electrons. The van der Waals surface area contributed by atoms with E-state index in [4.69, 9.17) is 0 Å². The minimum Gasteiger partial charge on any atom is -0.342 e. The van der Waals surface area contributed by atoms with Gasteiger partial charge in [0, 0.05) is 12.4 Å². The van der Waals surface area contributed by atoms with Crippen LogP contribution in [0.5, 0.6) is 0 Å². The summed E-state index contributed by atoms with van der Waals surface area (Å²) in [7, 11) is 0. The number of hydrogen-bond donors (Lipinski definition) is 1. The molecule has 0 unspecified atom stereocenters. The molecular weight excluding hydrogens is 312 g/mol. The third-order valence-electron chi connectivity index (χ3n) is 3.63. The quantitative estimate of drug-likeness (QED) is 0.626. The van der Waals surface area contributed by atoms with Crippen molar-refractivity contribution in [3.63, 3.8) is 0 Å². The largest absolute Gasteiger partial charge is 0.342 e. The maximum absolute atomic E-state index is 12.4. The van der Waals surface area contributed by atoms with Crippen LogP contribution in [-0.4, -0.2) is 29.9 Å². The predicted molar refractivity (Wildman–Crippen MR) is 86.7 cm³/mol. The number of carbonyl (C=O) groups is 1. The highest BCUT2D eigenvalue weighted by molar-refractivity contribution is 7.14. The average Bonchev–Trinajstić information content (AvgIpc) is 3.19. The van der Waals surface area contributed by atoms with E-state index < -0.39 is 0 Å². The molecule has 1 N–H and O–H groups in total. The summed E-state index contributed by atoms with van der Waals surface area (Å²) in [6, 6.07) is 3.64. The zero-order valence-electron chi connectivity index (χ0n) is 12.6. The van der Waals surface area contributed by atoms with Crippen molar-refractivity contribution < 1.29 is 4.79 Å². The minimum absolute atomic E-state index is 0.219. The predicted octanol–water partition coefficient (Wildman–Crippen LogP) is 2.24. The maximum atomic E-state index is 12.4. The smallest absolute Gasteiger partial charge is 0.272 e. The second kappa shape index (κ2) is 5.17. The number of aromatic nitrogens is 5. The number of aryl methyl sites for hydroxylation is 1. The van der Waals surface area contributed by atoms with Crippen molar-refractivity contribution in [3.05, 3.63) is 53.2 Å². The number of carbonyl (C=O) groups excluding carboxylic acids is 1. The standard InChI is InChI=1S/C15H14N6OS/c1-9-3-4-13-18-12(6-20(13)5-9)14(22)17-10(2)11-7-21-15(19-11)23-8-16-21/h3-8,10H,1-2H3,(H,17,22)/t10-/m0/s1. The fourth-order valence-electron chi connectivity index (χ4n) is 2.42. The molecule has 0 spiro atoms. The molecule has 1 atom stereocenters. The number of nitrogens with one attached hydrogen (secondary N) is 1. The van der Waals surface area contributed by atoms with Gasteiger partial charge in [0.05, 0.1) is 17.9 Å². The molecule has 0 saturated carbocycles. The summed E-state index contributed by atoms with van der Waals surface area (Å²) < 4.78 is 3.56. The van der Waals surface area contributed by atoms with E-state index in [-0.39, 0.29) is 11.9 Å². The van der Waals surface area contributed by atoms with Crippen molar-refractivity contribution in [1.29, 1.82) is 0 Å². The first kappa shape index (κ1) is 13.9. The Morgan fingerprint density at radius 2 is 2.13 bits per heavy atom. The van der Waals surface area contributed by atoms with Gasteiger partial charge in [-0.25, -0.2) is 14.5 Å². The van der Waals surface area contributed by atoms with Gasteiger partial charge in [-0.2, -0.15) is 5.10 Å². The first-order valence-electron chi connectivity index (χ1n) is 7.15. The summed E-state index contributed by atoms with van der Waals surface area (Å²) in [5.41, 5.74) is 4.76. The number of nitrogens with zero attached hydrogens (tertiary/aromatic N) is 5. The first-order chi connectivity index (χ1) is 11.1. The number of imidazole rings is 2. The molecule has 0 bridgehead atoms. The highest BCUT2D eigenvalue weighted by Crippen LogP contribution is 2.16. The Morgan fingerprint density at radius 1 is 1.26 bits per heavy atom. The maximum Gasteiger partial charge on any atom is 0.272 e. The lowest BCUT2D eigenvalue weighted by Crippen LogP contribution is -2.27. The third-order valence-corrected chi connectivity index (χ3v) is 4.32. The lowest BCUT2D eigenvalue weighted by Gasteiger charge is -2.09. The van der Waals surface area contributed by atoms with Crippen LogP contribution in [0.15, 0.2) is 36.2 Å². The van der Waals surface area contributed by atoms with Gasteiger partial charge in [-0.1, -0.05) is 17.4 Å². The molecule has 0 aromatic carbocycles. The monoisotopic (exact) mass is 326 g/mol. The van der Waals surface area contributed by atoms with E-state index in [1.54, 1.807) is 16.2 Å². The van der Waals surface area contributed by atoms with Crippen molar-refractivity contribution in [2.45, 2.75) is 19.9 Å². The van der Waals surface area contributed by atoms with E-state index in [2.05, 4.69) is 20.4 Å². The SMILES string of the molecule is Cc1ccc2nc(C(=O)N[C@@H](C)c3cn4ncsc4n3)cn2c1. The number of fused-ring (bicyclic) bond motifs is 2. The Morgan fingerprint density at radius 3 is 2.96 bits per heavy atom. The van der Waals surface area contributed by atoms with Gasteiger partial charge in [-0.05, 0) is 25.5 Å². The fourth-order valence-corrected chi connectivity index (χ4v) is 3.03. The second-order valence-corrected chi connectivity index (χ2v) is 6.24. The third kappa shape index (κ3) is 2.46. The molecule has 7 nitrogen and oxygen atoms in total. The zero-order valence-corrected chi connectivity index (χ0v) is 13.4. The van der Waals surface area contributed by atoms with Crippen LogP contribution in [0.25, 0.3) is 10.6 Å². The van der Waals surface area contributed by atoms with Gasteiger partial charge in [0.15, 0.2) is 0 Å². The number of pyridine rings is 1. The van der Waals surface area contributed by atoms with Crippen molar-refractivity contribution >= 4 is 27.9 Å². The van der Waals surface area contributed by atoms with Gasteiger partial charge in [0.25, 0.3) is 5.91 Å². The van der Waals surface area contributed by atoms with E-state index >= 15 is 0 Å². The van der Waals surface area contributed by atoms with Crippen LogP contribution < -0.4 is 5.32 Å². The van der Waals surface area contributed by atoms with Crippen molar-refractivity contribution in [3.8, 4) is 0 Å². The van der Waals surface area contributed by atoms with Crippen LogP contribution in [0.3, 0.4) is 0 Å². The van der Waals surface area contributed by atoms with Gasteiger partial charge >= 0.3 is 0 Å². The molecule has 0 aliphatic carbocycles. The molecule has 4 rings (SSSR count). The van der Waals surface area contributed by atoms with E-state index in [1.165, 1.54) is 11.3 Å². The molecule has 0 aliphatic rings. The molecule has 4 heterocycles. The normalized spacial score (nSPS) is 12.8. The summed E-state index contributed by atoms with van der Waals surface area (Å²) in [6.45, 7) is 3.89. The number of amides is 1. The highest BCUT2D eigenvalue weighted by atomic mass is 32.1. The molecule has 4 aromatic rings. The van der Waals surface area contributed by atoms with Crippen LogP contribution in [0.4, 0.5) is 0 Å². The van der Waals surface area contributed by atoms with Gasteiger partial charge in [0.2, 0.25) is 4.96 Å². The summed E-state index contributed by atoms with van der Waals surface area (Å²) in [6.07, 6.45) is 5.50. The van der Waals surface area contributed by atoms with E-state index in [9.17, 15) is 4.79 Å². The number of rotatable bonds is 3. The lowest BCUT2D eigenvalue weighted by atomic mass is 10.2. The molecule has 0 radical (unpaired) electrons. The van der Waals surface area contributed by atoms with Crippen LogP contribution in [0.1, 0.15) is 34.7 Å². The topological polar surface area (TPSA) is 76.6 Å². The Hall–Kier alpha value is -2.74. The molecule has 0 fully saturated rings. The Balaban J connectivity index is 1.56. The van der Waals surface area contributed by atoms with Crippen molar-refractivity contribution in [2.75, 3.05) is 0 Å². The Labute approximate surface area is 135 Å². The highest BCUT2D eigenvalue weighted by Gasteiger charge is 2.17. The molecule has 0 saturated heterocycles. The number of hydrogen-bond acceptors (Lipinski definition) is 5. The van der Waals surface area contributed by atoms with Crippen LogP contribution in [-0.2, 0) is 0 Å². The van der Waals surface area contributed by atoms with Crippen LogP contribution in [0.2, 0.25) is 0 Å². The Kier molecular flexibility index (Phi) is 3.12. The summed E-state index contributed by atoms with van der Waals surface area (Å²) in [4.78, 5) is 22.0. The summed E-state index contributed by atoms with van der Waals surface area (Å²) >= 11 is 1.46. The molecule has 23 heavy (non-hydrogen) atoms. The molecule has 1 amide bonds. The molecular formula is C15H14N6OS. The van der Waals surface area contributed by atoms with E-state index in [0.29, 0.717) is 5.69 Å². The van der Waals surface area contributed by atoms with E-state index in [0.717, 1.165) is 21.9 Å². The zero-order chi connectivity index (χ0) is 16.0. The van der Waals surface area contributed by atoms with Crippen molar-refractivity contribution in [2.24, 2.45) is 0 Å². The summed E-state index contributed by atoms with van der Waals surface area (Å²) in [5, 5.41) is 7.07. The van der Waals surface area contributed by atoms with Gasteiger partial charge in [-0.15, -0.1) is 0 Å². The fraction of sp³-hybridized carbons (Fsp3) is 0.200. The van der Waals surface area contributed by atoms with Gasteiger partial charge in [0.1, 0.15) is 16.9 Å². The van der Waals surface area contributed by atoms with E-state index in [1.807, 2.05) is 42.8 Å². The molecule has 8 heteroatoms. The lowest BCUT2D eigenvalue weighted by molar-refractivity contribution is 0.0935. The molecule has 4 aromatic heterocycles. The van der Waals surface area contributed by atoms with Crippen LogP contribution >= 0.6 is 11.3 Å². The van der Waals surface area contributed by atoms with Crippen molar-refractivity contribution in [1.82, 2.24) is 29.3 Å². The van der Waals surface area contributed by atoms with Gasteiger partial charge in [-0.3, -0.25) is 4.79 Å². The Bertz CT molecular complexity index is 985. The second-order valence-electron chi connectivity index (χ2n) is 5.42. The van der Waals surface area contributed by atoms with Gasteiger partial charge < -0.3 is 9.72 Å². The molecule has 0 aliphatic heterocycles. The summed E-state index contributed by atoms with van der Waals surface area (Å²) in [5.74, 6) is -0.219.